The summed E-state index contributed by atoms with van der Waals surface area (Å²) in [6.07, 6.45) is 4.60. The van der Waals surface area contributed by atoms with Crippen LogP contribution in [0.1, 0.15) is 16.8 Å². The highest BCUT2D eigenvalue weighted by Gasteiger charge is 2.09. The van der Waals surface area contributed by atoms with Gasteiger partial charge in [-0.2, -0.15) is 0 Å². The maximum Gasteiger partial charge on any atom is 0.251 e. The first kappa shape index (κ1) is 16.1. The first-order valence-electron chi connectivity index (χ1n) is 6.83. The number of carbonyl (C=O) groups is 1. The van der Waals surface area contributed by atoms with Gasteiger partial charge in [0.1, 0.15) is 6.33 Å². The summed E-state index contributed by atoms with van der Waals surface area (Å²) in [5.41, 5.74) is 2.62. The largest absolute Gasteiger partial charge is 0.348 e. The number of aromatic nitrogens is 4. The monoisotopic (exact) mass is 320 g/mol. The number of tetrazole rings is 1. The molecule has 1 aliphatic rings. The van der Waals surface area contributed by atoms with E-state index in [4.69, 9.17) is 0 Å². The second-order valence-electron chi connectivity index (χ2n) is 4.80. The molecule has 0 fully saturated rings. The zero-order valence-corrected chi connectivity index (χ0v) is 12.7. The topological polar surface area (TPSA) is 84.7 Å². The van der Waals surface area contributed by atoms with Crippen molar-refractivity contribution in [2.45, 2.75) is 6.42 Å². The second-order valence-corrected chi connectivity index (χ2v) is 4.80. The van der Waals surface area contributed by atoms with E-state index in [-0.39, 0.29) is 18.3 Å². The van der Waals surface area contributed by atoms with Crippen LogP contribution in [0.3, 0.4) is 0 Å². The molecule has 1 aromatic carbocycles. The van der Waals surface area contributed by atoms with E-state index in [1.807, 2.05) is 12.1 Å². The predicted molar refractivity (Wildman–Crippen MR) is 84.3 cm³/mol. The van der Waals surface area contributed by atoms with Crippen LogP contribution >= 0.6 is 12.4 Å². The molecule has 116 valence electrons. The highest BCUT2D eigenvalue weighted by molar-refractivity contribution is 5.94. The molecule has 2 heterocycles. The van der Waals surface area contributed by atoms with E-state index in [0.29, 0.717) is 12.1 Å². The Hall–Kier alpha value is -2.25. The van der Waals surface area contributed by atoms with Crippen molar-refractivity contribution in [3.05, 3.63) is 47.8 Å². The summed E-state index contributed by atoms with van der Waals surface area (Å²) in [7, 11) is 0. The minimum atomic E-state index is -0.0932. The first-order valence-corrected chi connectivity index (χ1v) is 6.83. The van der Waals surface area contributed by atoms with Crippen molar-refractivity contribution in [1.29, 1.82) is 0 Å². The summed E-state index contributed by atoms with van der Waals surface area (Å²) in [5, 5.41) is 17.2. The van der Waals surface area contributed by atoms with Crippen molar-refractivity contribution in [3.8, 4) is 5.69 Å². The molecule has 2 N–H and O–H groups in total. The van der Waals surface area contributed by atoms with Gasteiger partial charge in [0.2, 0.25) is 0 Å². The molecule has 8 heteroatoms. The fraction of sp³-hybridized carbons (Fsp3) is 0.286. The van der Waals surface area contributed by atoms with Crippen molar-refractivity contribution in [2.75, 3.05) is 19.6 Å². The van der Waals surface area contributed by atoms with E-state index in [9.17, 15) is 4.79 Å². The van der Waals surface area contributed by atoms with Crippen molar-refractivity contribution in [3.63, 3.8) is 0 Å². The molecule has 0 aliphatic carbocycles. The van der Waals surface area contributed by atoms with Crippen molar-refractivity contribution in [2.24, 2.45) is 0 Å². The highest BCUT2D eigenvalue weighted by Crippen LogP contribution is 2.09. The first-order chi connectivity index (χ1) is 10.3. The molecule has 0 unspecified atom stereocenters. The molecule has 2 aromatic rings. The standard InChI is InChI=1S/C14H16N6O.ClH/c21-14(16-9-11-4-6-15-7-5-11)12-2-1-3-13(8-12)20-10-17-18-19-20;/h1-4,8,10,15H,5-7,9H2,(H,16,21);1H. The minimum Gasteiger partial charge on any atom is -0.348 e. The highest BCUT2D eigenvalue weighted by atomic mass is 35.5. The number of nitrogens with zero attached hydrogens (tertiary/aromatic N) is 4. The number of amides is 1. The van der Waals surface area contributed by atoms with Gasteiger partial charge in [-0.05, 0) is 41.6 Å². The zero-order valence-electron chi connectivity index (χ0n) is 11.9. The fourth-order valence-corrected chi connectivity index (χ4v) is 2.20. The molecule has 1 amide bonds. The third kappa shape index (κ3) is 3.90. The Morgan fingerprint density at radius 2 is 2.32 bits per heavy atom. The Balaban J connectivity index is 0.00000176. The summed E-state index contributed by atoms with van der Waals surface area (Å²) in [6, 6.07) is 7.21. The zero-order chi connectivity index (χ0) is 14.5. The summed E-state index contributed by atoms with van der Waals surface area (Å²) >= 11 is 0. The van der Waals surface area contributed by atoms with Crippen LogP contribution in [0.5, 0.6) is 0 Å². The SMILES string of the molecule is Cl.O=C(NCC1=CCNCC1)c1cccc(-n2cnnn2)c1. The Labute approximate surface area is 134 Å². The van der Waals surface area contributed by atoms with Crippen molar-refractivity contribution >= 4 is 18.3 Å². The van der Waals surface area contributed by atoms with Crippen LogP contribution in [0.4, 0.5) is 0 Å². The normalized spacial score (nSPS) is 13.9. The van der Waals surface area contributed by atoms with Gasteiger partial charge in [0.15, 0.2) is 0 Å². The molecular weight excluding hydrogens is 304 g/mol. The van der Waals surface area contributed by atoms with Crippen LogP contribution in [-0.2, 0) is 0 Å². The number of nitrogens with one attached hydrogen (secondary N) is 2. The molecule has 0 bridgehead atoms. The van der Waals surface area contributed by atoms with E-state index in [2.05, 4.69) is 32.2 Å². The van der Waals surface area contributed by atoms with E-state index < -0.39 is 0 Å². The third-order valence-corrected chi connectivity index (χ3v) is 3.36. The maximum absolute atomic E-state index is 12.2. The molecule has 0 radical (unpaired) electrons. The lowest BCUT2D eigenvalue weighted by Gasteiger charge is -2.14. The third-order valence-electron chi connectivity index (χ3n) is 3.36. The number of hydrogen-bond donors (Lipinski definition) is 2. The Bertz CT molecular complexity index is 655. The van der Waals surface area contributed by atoms with Gasteiger partial charge in [0.05, 0.1) is 5.69 Å². The van der Waals surface area contributed by atoms with E-state index in [0.717, 1.165) is 25.2 Å². The summed E-state index contributed by atoms with van der Waals surface area (Å²) in [4.78, 5) is 12.2. The van der Waals surface area contributed by atoms with Gasteiger partial charge in [-0.3, -0.25) is 4.79 Å². The van der Waals surface area contributed by atoms with Gasteiger partial charge < -0.3 is 10.6 Å². The van der Waals surface area contributed by atoms with Crippen LogP contribution in [0.25, 0.3) is 5.69 Å². The van der Waals surface area contributed by atoms with E-state index in [1.165, 1.54) is 16.6 Å². The quantitative estimate of drug-likeness (QED) is 0.811. The smallest absolute Gasteiger partial charge is 0.251 e. The maximum atomic E-state index is 12.2. The fourth-order valence-electron chi connectivity index (χ4n) is 2.20. The molecule has 22 heavy (non-hydrogen) atoms. The molecule has 1 aliphatic heterocycles. The van der Waals surface area contributed by atoms with Gasteiger partial charge >= 0.3 is 0 Å². The average Bonchev–Trinajstić information content (AvgIpc) is 3.08. The molecule has 3 rings (SSSR count). The van der Waals surface area contributed by atoms with Gasteiger partial charge in [0.25, 0.3) is 5.91 Å². The van der Waals surface area contributed by atoms with Gasteiger partial charge in [-0.1, -0.05) is 17.7 Å². The molecule has 0 atom stereocenters. The van der Waals surface area contributed by atoms with Crippen LogP contribution in [0.15, 0.2) is 42.2 Å². The number of benzene rings is 1. The van der Waals surface area contributed by atoms with E-state index in [1.54, 1.807) is 12.1 Å². The average molecular weight is 321 g/mol. The number of rotatable bonds is 4. The Kier molecular flexibility index (Phi) is 5.62. The lowest BCUT2D eigenvalue weighted by atomic mass is 10.1. The van der Waals surface area contributed by atoms with Crippen molar-refractivity contribution in [1.82, 2.24) is 30.8 Å². The summed E-state index contributed by atoms with van der Waals surface area (Å²) in [6.45, 7) is 2.44. The van der Waals surface area contributed by atoms with Crippen LogP contribution in [0.2, 0.25) is 0 Å². The van der Waals surface area contributed by atoms with Crippen LogP contribution in [0, 0.1) is 0 Å². The molecule has 1 aromatic heterocycles. The van der Waals surface area contributed by atoms with Crippen molar-refractivity contribution < 1.29 is 4.79 Å². The van der Waals surface area contributed by atoms with Gasteiger partial charge in [0, 0.05) is 18.7 Å². The molecular formula is C14H17ClN6O. The van der Waals surface area contributed by atoms with Crippen LogP contribution in [-0.4, -0.2) is 45.7 Å². The summed E-state index contributed by atoms with van der Waals surface area (Å²) < 4.78 is 1.52. The molecule has 0 spiro atoms. The second kappa shape index (κ2) is 7.67. The van der Waals surface area contributed by atoms with Crippen LogP contribution < -0.4 is 10.6 Å². The van der Waals surface area contributed by atoms with Gasteiger partial charge in [-0.15, -0.1) is 17.5 Å². The Morgan fingerprint density at radius 1 is 1.41 bits per heavy atom. The minimum absolute atomic E-state index is 0. The number of halogens is 1. The number of carbonyl (C=O) groups excluding carboxylic acids is 1. The van der Waals surface area contributed by atoms with Gasteiger partial charge in [-0.25, -0.2) is 4.68 Å². The lowest BCUT2D eigenvalue weighted by Crippen LogP contribution is -2.29. The molecule has 0 saturated heterocycles. The van der Waals surface area contributed by atoms with E-state index >= 15 is 0 Å². The number of hydrogen-bond acceptors (Lipinski definition) is 5. The lowest BCUT2D eigenvalue weighted by molar-refractivity contribution is 0.0956. The molecule has 0 saturated carbocycles. The summed E-state index contributed by atoms with van der Waals surface area (Å²) in [5.74, 6) is -0.0932. The Morgan fingerprint density at radius 3 is 3.05 bits per heavy atom. The molecule has 7 nitrogen and oxygen atoms in total. The predicted octanol–water partition coefficient (Wildman–Crippen LogP) is 0.734.